The predicted octanol–water partition coefficient (Wildman–Crippen LogP) is 1.69. The highest BCUT2D eigenvalue weighted by atomic mass is 32.2. The molecule has 1 fully saturated rings. The van der Waals surface area contributed by atoms with Gasteiger partial charge in [0, 0.05) is 0 Å². The summed E-state index contributed by atoms with van der Waals surface area (Å²) in [5, 5.41) is 0.552. The van der Waals surface area contributed by atoms with Gasteiger partial charge in [-0.2, -0.15) is 0 Å². The molecule has 0 bridgehead atoms. The monoisotopic (exact) mass is 160 g/mol. The van der Waals surface area contributed by atoms with Gasteiger partial charge in [0.2, 0.25) is 0 Å². The van der Waals surface area contributed by atoms with Crippen molar-refractivity contribution in [1.82, 2.24) is 10.9 Å². The smallest absolute Gasteiger partial charge is 0.0762 e. The third-order valence-corrected chi connectivity index (χ3v) is 3.00. The molecule has 0 aromatic rings. The highest BCUT2D eigenvalue weighted by molar-refractivity contribution is 8.01. The molecule has 2 nitrogen and oxygen atoms in total. The molecule has 1 heterocycles. The zero-order valence-electron chi connectivity index (χ0n) is 6.90. The van der Waals surface area contributed by atoms with E-state index in [1.54, 1.807) is 0 Å². The molecule has 0 aliphatic carbocycles. The summed E-state index contributed by atoms with van der Waals surface area (Å²) < 4.78 is 0. The molecular weight excluding hydrogens is 144 g/mol. The van der Waals surface area contributed by atoms with Gasteiger partial charge in [0.25, 0.3) is 0 Å². The van der Waals surface area contributed by atoms with Crippen LogP contribution in [0.15, 0.2) is 0 Å². The zero-order valence-corrected chi connectivity index (χ0v) is 7.72. The van der Waals surface area contributed by atoms with Crippen molar-refractivity contribution in [3.63, 3.8) is 0 Å². The molecule has 0 aromatic carbocycles. The minimum atomic E-state index is 0.272. The molecular formula is C7H16N2S. The van der Waals surface area contributed by atoms with E-state index in [2.05, 4.69) is 31.6 Å². The van der Waals surface area contributed by atoms with E-state index in [0.29, 0.717) is 5.37 Å². The molecule has 1 saturated heterocycles. The second kappa shape index (κ2) is 3.11. The first-order valence-corrected chi connectivity index (χ1v) is 4.75. The number of hydrogen-bond acceptors (Lipinski definition) is 3. The van der Waals surface area contributed by atoms with Crippen LogP contribution in [0.4, 0.5) is 0 Å². The number of hydrazine groups is 1. The van der Waals surface area contributed by atoms with Crippen LogP contribution in [0.5, 0.6) is 0 Å². The van der Waals surface area contributed by atoms with E-state index in [1.807, 2.05) is 11.8 Å². The van der Waals surface area contributed by atoms with Gasteiger partial charge in [-0.05, 0) is 20.3 Å². The summed E-state index contributed by atoms with van der Waals surface area (Å²) in [4.78, 5) is 0.272. The molecule has 0 spiro atoms. The fourth-order valence-corrected chi connectivity index (χ4v) is 2.64. The Balaban J connectivity index is 2.38. The van der Waals surface area contributed by atoms with Gasteiger partial charge in [0.1, 0.15) is 0 Å². The van der Waals surface area contributed by atoms with E-state index < -0.39 is 0 Å². The number of hydrogen-bond donors (Lipinski definition) is 2. The summed E-state index contributed by atoms with van der Waals surface area (Å²) >= 11 is 1.97. The molecule has 2 unspecified atom stereocenters. The summed E-state index contributed by atoms with van der Waals surface area (Å²) in [6.07, 6.45) is 2.47. The van der Waals surface area contributed by atoms with Crippen molar-refractivity contribution in [3.8, 4) is 0 Å². The Morgan fingerprint density at radius 1 is 1.60 bits per heavy atom. The summed E-state index contributed by atoms with van der Waals surface area (Å²) in [5.41, 5.74) is 6.50. The first-order chi connectivity index (χ1) is 4.66. The molecule has 0 amide bonds. The Hall–Kier alpha value is 0.270. The van der Waals surface area contributed by atoms with Crippen molar-refractivity contribution in [1.29, 1.82) is 0 Å². The highest BCUT2D eigenvalue weighted by Crippen LogP contribution is 2.33. The van der Waals surface area contributed by atoms with Crippen LogP contribution in [-0.4, -0.2) is 10.2 Å². The van der Waals surface area contributed by atoms with E-state index in [4.69, 9.17) is 0 Å². The van der Waals surface area contributed by atoms with Crippen LogP contribution in [0.2, 0.25) is 0 Å². The van der Waals surface area contributed by atoms with Gasteiger partial charge >= 0.3 is 0 Å². The largest absolute Gasteiger partial charge is 0.244 e. The fraction of sp³-hybridized carbons (Fsp3) is 1.00. The maximum Gasteiger partial charge on any atom is 0.0762 e. The van der Waals surface area contributed by atoms with Crippen LogP contribution >= 0.6 is 11.8 Å². The summed E-state index contributed by atoms with van der Waals surface area (Å²) in [6, 6.07) is 0. The van der Waals surface area contributed by atoms with Crippen molar-refractivity contribution < 1.29 is 0 Å². The second-order valence-corrected chi connectivity index (χ2v) is 4.85. The SMILES string of the molecule is CCCC1(C)NNC(C)S1. The Morgan fingerprint density at radius 3 is 2.70 bits per heavy atom. The van der Waals surface area contributed by atoms with E-state index in [9.17, 15) is 0 Å². The lowest BCUT2D eigenvalue weighted by Gasteiger charge is -2.20. The minimum absolute atomic E-state index is 0.272. The third-order valence-electron chi connectivity index (χ3n) is 1.70. The number of nitrogens with one attached hydrogen (secondary N) is 2. The lowest BCUT2D eigenvalue weighted by Crippen LogP contribution is -2.40. The molecule has 1 rings (SSSR count). The van der Waals surface area contributed by atoms with Crippen molar-refractivity contribution >= 4 is 11.8 Å². The van der Waals surface area contributed by atoms with Gasteiger partial charge in [0.15, 0.2) is 0 Å². The van der Waals surface area contributed by atoms with E-state index in [0.717, 1.165) is 0 Å². The van der Waals surface area contributed by atoms with Crippen molar-refractivity contribution in [2.24, 2.45) is 0 Å². The summed E-state index contributed by atoms with van der Waals surface area (Å²) in [5.74, 6) is 0. The van der Waals surface area contributed by atoms with Crippen LogP contribution in [0.25, 0.3) is 0 Å². The first kappa shape index (κ1) is 8.37. The van der Waals surface area contributed by atoms with E-state index >= 15 is 0 Å². The molecule has 0 aromatic heterocycles. The molecule has 10 heavy (non-hydrogen) atoms. The van der Waals surface area contributed by atoms with Gasteiger partial charge in [0.05, 0.1) is 10.2 Å². The van der Waals surface area contributed by atoms with Crippen LogP contribution in [0.3, 0.4) is 0 Å². The topological polar surface area (TPSA) is 24.1 Å². The average molecular weight is 160 g/mol. The standard InChI is InChI=1S/C7H16N2S/c1-4-5-7(3)9-8-6(2)10-7/h6,8-9H,4-5H2,1-3H3. The maximum atomic E-state index is 3.30. The molecule has 3 heteroatoms. The Bertz CT molecular complexity index is 114. The molecule has 60 valence electrons. The van der Waals surface area contributed by atoms with Crippen LogP contribution in [-0.2, 0) is 0 Å². The van der Waals surface area contributed by atoms with Gasteiger partial charge in [-0.25, -0.2) is 10.9 Å². The molecule has 1 aliphatic heterocycles. The fourth-order valence-electron chi connectivity index (χ4n) is 1.30. The summed E-state index contributed by atoms with van der Waals surface area (Å²) in [6.45, 7) is 6.65. The van der Waals surface area contributed by atoms with Crippen LogP contribution in [0, 0.1) is 0 Å². The third kappa shape index (κ3) is 1.87. The normalized spacial score (nSPS) is 40.5. The van der Waals surface area contributed by atoms with Gasteiger partial charge < -0.3 is 0 Å². The van der Waals surface area contributed by atoms with Crippen molar-refractivity contribution in [3.05, 3.63) is 0 Å². The molecule has 2 atom stereocenters. The Morgan fingerprint density at radius 2 is 2.30 bits per heavy atom. The van der Waals surface area contributed by atoms with Crippen LogP contribution in [0.1, 0.15) is 33.6 Å². The molecule has 0 saturated carbocycles. The van der Waals surface area contributed by atoms with E-state index in [-0.39, 0.29) is 4.87 Å². The van der Waals surface area contributed by atoms with Crippen molar-refractivity contribution in [2.45, 2.75) is 43.9 Å². The summed E-state index contributed by atoms with van der Waals surface area (Å²) in [7, 11) is 0. The second-order valence-electron chi connectivity index (χ2n) is 3.01. The average Bonchev–Trinajstić information content (AvgIpc) is 2.12. The lowest BCUT2D eigenvalue weighted by molar-refractivity contribution is 0.427. The maximum absolute atomic E-state index is 3.30. The number of rotatable bonds is 2. The quantitative estimate of drug-likeness (QED) is 0.643. The zero-order chi connectivity index (χ0) is 7.61. The molecule has 1 aliphatic rings. The Kier molecular flexibility index (Phi) is 2.61. The van der Waals surface area contributed by atoms with Crippen LogP contribution < -0.4 is 10.9 Å². The van der Waals surface area contributed by atoms with E-state index in [1.165, 1.54) is 12.8 Å². The first-order valence-electron chi connectivity index (χ1n) is 3.87. The predicted molar refractivity (Wildman–Crippen MR) is 46.6 cm³/mol. The van der Waals surface area contributed by atoms with Gasteiger partial charge in [-0.15, -0.1) is 11.8 Å². The van der Waals surface area contributed by atoms with Gasteiger partial charge in [-0.3, -0.25) is 0 Å². The minimum Gasteiger partial charge on any atom is -0.244 e. The highest BCUT2D eigenvalue weighted by Gasteiger charge is 2.31. The number of thioether (sulfide) groups is 1. The molecule has 0 radical (unpaired) electrons. The lowest BCUT2D eigenvalue weighted by atomic mass is 10.2. The Labute approximate surface area is 67.1 Å². The molecule has 2 N–H and O–H groups in total. The van der Waals surface area contributed by atoms with Gasteiger partial charge in [-0.1, -0.05) is 13.3 Å². The van der Waals surface area contributed by atoms with Crippen molar-refractivity contribution in [2.75, 3.05) is 0 Å².